The lowest BCUT2D eigenvalue weighted by atomic mass is 10.3. The van der Waals surface area contributed by atoms with Gasteiger partial charge in [-0.25, -0.2) is 9.61 Å². The van der Waals surface area contributed by atoms with Crippen LogP contribution in [0.2, 0.25) is 0 Å². The second-order valence-corrected chi connectivity index (χ2v) is 4.22. The predicted octanol–water partition coefficient (Wildman–Crippen LogP) is 1.57. The fourth-order valence-corrected chi connectivity index (χ4v) is 1.97. The monoisotopic (exact) mass is 262 g/mol. The molecular weight excluding hydrogens is 256 g/mol. The summed E-state index contributed by atoms with van der Waals surface area (Å²) in [5, 5.41) is 7.36. The largest absolute Gasteiger partial charge is 0.437 e. The molecule has 3 rings (SSSR count). The van der Waals surface area contributed by atoms with E-state index in [0.717, 1.165) is 11.3 Å². The van der Waals surface area contributed by atoms with Gasteiger partial charge in [-0.3, -0.25) is 4.79 Å². The number of primary amides is 1. The summed E-state index contributed by atoms with van der Waals surface area (Å²) in [5.41, 5.74) is 7.87. The quantitative estimate of drug-likeness (QED) is 0.768. The highest BCUT2D eigenvalue weighted by Crippen LogP contribution is 2.27. The molecule has 0 bridgehead atoms. The second-order valence-electron chi connectivity index (χ2n) is 3.37. The first-order valence-corrected chi connectivity index (χ1v) is 5.75. The van der Waals surface area contributed by atoms with Crippen LogP contribution in [-0.2, 0) is 0 Å². The maximum absolute atomic E-state index is 11.1. The summed E-state index contributed by atoms with van der Waals surface area (Å²) in [6.45, 7) is 0. The number of aromatic nitrogens is 3. The maximum atomic E-state index is 11.1. The molecule has 0 unspecified atom stereocenters. The summed E-state index contributed by atoms with van der Waals surface area (Å²) in [5.74, 6) is 0.0894. The van der Waals surface area contributed by atoms with Crippen LogP contribution in [0.5, 0.6) is 11.6 Å². The molecule has 1 amide bonds. The van der Waals surface area contributed by atoms with Crippen molar-refractivity contribution >= 4 is 28.3 Å². The van der Waals surface area contributed by atoms with Crippen molar-refractivity contribution in [2.75, 3.05) is 0 Å². The highest BCUT2D eigenvalue weighted by molar-refractivity contribution is 7.12. The maximum Gasteiger partial charge on any atom is 0.264 e. The molecule has 0 spiro atoms. The lowest BCUT2D eigenvalue weighted by Gasteiger charge is -2.02. The first-order chi connectivity index (χ1) is 8.74. The van der Waals surface area contributed by atoms with Crippen molar-refractivity contribution in [3.63, 3.8) is 0 Å². The second kappa shape index (κ2) is 4.08. The first kappa shape index (κ1) is 10.7. The number of benzene rings is 1. The van der Waals surface area contributed by atoms with Crippen LogP contribution >= 0.6 is 11.3 Å². The Morgan fingerprint density at radius 2 is 2.17 bits per heavy atom. The molecule has 0 aliphatic heterocycles. The van der Waals surface area contributed by atoms with Gasteiger partial charge < -0.3 is 10.5 Å². The van der Waals surface area contributed by atoms with E-state index in [2.05, 4.69) is 19.9 Å². The van der Waals surface area contributed by atoms with E-state index in [0.29, 0.717) is 16.8 Å². The van der Waals surface area contributed by atoms with Gasteiger partial charge in [-0.05, 0) is 22.4 Å². The van der Waals surface area contributed by atoms with Crippen molar-refractivity contribution in [3.8, 4) is 11.6 Å². The SMILES string of the molecule is NC(=O)c1scnc1Oc1ccc2nonc2c1. The van der Waals surface area contributed by atoms with Gasteiger partial charge in [-0.2, -0.15) is 0 Å². The smallest absolute Gasteiger partial charge is 0.264 e. The summed E-state index contributed by atoms with van der Waals surface area (Å²) >= 11 is 1.13. The Balaban J connectivity index is 1.95. The highest BCUT2D eigenvalue weighted by Gasteiger charge is 2.14. The molecule has 2 aromatic heterocycles. The highest BCUT2D eigenvalue weighted by atomic mass is 32.1. The molecule has 0 aliphatic rings. The Morgan fingerprint density at radius 3 is 3.00 bits per heavy atom. The van der Waals surface area contributed by atoms with Gasteiger partial charge in [0, 0.05) is 6.07 Å². The minimum absolute atomic E-state index is 0.184. The fourth-order valence-electron chi connectivity index (χ4n) is 1.41. The average Bonchev–Trinajstić information content (AvgIpc) is 2.96. The van der Waals surface area contributed by atoms with Crippen molar-refractivity contribution in [1.82, 2.24) is 15.3 Å². The summed E-state index contributed by atoms with van der Waals surface area (Å²) in [4.78, 5) is 15.3. The van der Waals surface area contributed by atoms with Crippen LogP contribution in [0.1, 0.15) is 9.67 Å². The van der Waals surface area contributed by atoms with Gasteiger partial charge in [0.25, 0.3) is 5.91 Å². The topological polar surface area (TPSA) is 104 Å². The number of fused-ring (bicyclic) bond motifs is 1. The molecule has 0 atom stereocenters. The number of carbonyl (C=O) groups is 1. The standard InChI is InChI=1S/C10H6N4O3S/c11-9(15)8-10(12-4-18-8)16-5-1-2-6-7(3-5)14-17-13-6/h1-4H,(H2,11,15). The third kappa shape index (κ3) is 1.78. The molecule has 0 saturated heterocycles. The Labute approximate surface area is 104 Å². The Bertz CT molecular complexity index is 721. The van der Waals surface area contributed by atoms with E-state index in [9.17, 15) is 4.79 Å². The number of nitrogens with two attached hydrogens (primary N) is 1. The molecule has 7 nitrogen and oxygen atoms in total. The van der Waals surface area contributed by atoms with Gasteiger partial charge >= 0.3 is 0 Å². The minimum Gasteiger partial charge on any atom is -0.437 e. The lowest BCUT2D eigenvalue weighted by molar-refractivity contribution is 0.100. The summed E-state index contributed by atoms with van der Waals surface area (Å²) < 4.78 is 10.1. The van der Waals surface area contributed by atoms with E-state index in [1.807, 2.05) is 0 Å². The zero-order valence-electron chi connectivity index (χ0n) is 8.86. The number of hydrogen-bond donors (Lipinski definition) is 1. The summed E-state index contributed by atoms with van der Waals surface area (Å²) in [6.07, 6.45) is 0. The zero-order valence-corrected chi connectivity index (χ0v) is 9.68. The van der Waals surface area contributed by atoms with Crippen LogP contribution in [0.15, 0.2) is 28.3 Å². The van der Waals surface area contributed by atoms with Gasteiger partial charge in [-0.15, -0.1) is 11.3 Å². The Kier molecular flexibility index (Phi) is 2.41. The van der Waals surface area contributed by atoms with E-state index >= 15 is 0 Å². The summed E-state index contributed by atoms with van der Waals surface area (Å²) in [6, 6.07) is 5.00. The number of carbonyl (C=O) groups excluding carboxylic acids is 1. The normalized spacial score (nSPS) is 10.7. The van der Waals surface area contributed by atoms with Crippen LogP contribution in [0.4, 0.5) is 0 Å². The van der Waals surface area contributed by atoms with Crippen LogP contribution in [0, 0.1) is 0 Å². The van der Waals surface area contributed by atoms with Gasteiger partial charge in [0.1, 0.15) is 16.8 Å². The van der Waals surface area contributed by atoms with Crippen molar-refractivity contribution in [3.05, 3.63) is 28.6 Å². The molecule has 2 heterocycles. The molecule has 0 saturated carbocycles. The van der Waals surface area contributed by atoms with Crippen LogP contribution in [-0.4, -0.2) is 21.2 Å². The minimum atomic E-state index is -0.573. The fraction of sp³-hybridized carbons (Fsp3) is 0. The number of thiazole rings is 1. The van der Waals surface area contributed by atoms with Gasteiger partial charge in [0.05, 0.1) is 5.51 Å². The van der Waals surface area contributed by atoms with Gasteiger partial charge in [-0.1, -0.05) is 0 Å². The van der Waals surface area contributed by atoms with Crippen molar-refractivity contribution in [2.45, 2.75) is 0 Å². The molecule has 1 aromatic carbocycles. The molecule has 0 aliphatic carbocycles. The van der Waals surface area contributed by atoms with E-state index in [-0.39, 0.29) is 10.8 Å². The number of hydrogen-bond acceptors (Lipinski definition) is 7. The van der Waals surface area contributed by atoms with Crippen molar-refractivity contribution in [2.24, 2.45) is 5.73 Å². The Hall–Kier alpha value is -2.48. The molecule has 3 aromatic rings. The van der Waals surface area contributed by atoms with E-state index in [4.69, 9.17) is 10.5 Å². The molecular formula is C10H6N4O3S. The number of rotatable bonds is 3. The number of nitrogens with zero attached hydrogens (tertiary/aromatic N) is 3. The predicted molar refractivity (Wildman–Crippen MR) is 62.5 cm³/mol. The van der Waals surface area contributed by atoms with Crippen molar-refractivity contribution < 1.29 is 14.2 Å². The van der Waals surface area contributed by atoms with Crippen LogP contribution in [0.25, 0.3) is 11.0 Å². The molecule has 90 valence electrons. The van der Waals surface area contributed by atoms with Crippen molar-refractivity contribution in [1.29, 1.82) is 0 Å². The molecule has 0 fully saturated rings. The van der Waals surface area contributed by atoms with E-state index in [1.54, 1.807) is 18.2 Å². The van der Waals surface area contributed by atoms with E-state index < -0.39 is 5.91 Å². The lowest BCUT2D eigenvalue weighted by Crippen LogP contribution is -2.10. The third-order valence-corrected chi connectivity index (χ3v) is 3.02. The molecule has 18 heavy (non-hydrogen) atoms. The molecule has 2 N–H and O–H groups in total. The number of ether oxygens (including phenoxy) is 1. The summed E-state index contributed by atoms with van der Waals surface area (Å²) in [7, 11) is 0. The molecule has 8 heteroatoms. The molecule has 0 radical (unpaired) electrons. The Morgan fingerprint density at radius 1 is 1.33 bits per heavy atom. The first-order valence-electron chi connectivity index (χ1n) is 4.87. The third-order valence-electron chi connectivity index (χ3n) is 2.20. The van der Waals surface area contributed by atoms with Gasteiger partial charge in [0.15, 0.2) is 4.88 Å². The van der Waals surface area contributed by atoms with Gasteiger partial charge in [0.2, 0.25) is 5.88 Å². The average molecular weight is 262 g/mol. The number of amides is 1. The van der Waals surface area contributed by atoms with E-state index in [1.165, 1.54) is 5.51 Å². The van der Waals surface area contributed by atoms with Crippen LogP contribution in [0.3, 0.4) is 0 Å². The zero-order chi connectivity index (χ0) is 12.5. The van der Waals surface area contributed by atoms with Crippen LogP contribution < -0.4 is 10.5 Å².